The zero-order chi connectivity index (χ0) is 21.9. The van der Waals surface area contributed by atoms with Crippen molar-refractivity contribution in [2.75, 3.05) is 7.11 Å². The number of rotatable bonds is 9. The minimum atomic E-state index is -1.31. The summed E-state index contributed by atoms with van der Waals surface area (Å²) in [5.41, 5.74) is -2.16. The van der Waals surface area contributed by atoms with E-state index in [9.17, 15) is 20.1 Å². The maximum atomic E-state index is 12.4. The summed E-state index contributed by atoms with van der Waals surface area (Å²) in [5.74, 6) is -0.752. The van der Waals surface area contributed by atoms with Crippen LogP contribution >= 0.6 is 0 Å². The third kappa shape index (κ3) is 5.39. The zero-order valence-electron chi connectivity index (χ0n) is 18.3. The molecule has 1 rings (SSSR count). The molecule has 0 bridgehead atoms. The van der Waals surface area contributed by atoms with Crippen molar-refractivity contribution in [3.8, 4) is 11.5 Å². The Morgan fingerprint density at radius 3 is 2.04 bits per heavy atom. The molecule has 6 heteroatoms. The van der Waals surface area contributed by atoms with E-state index >= 15 is 0 Å². The number of aliphatic hydroxyl groups is 2. The summed E-state index contributed by atoms with van der Waals surface area (Å²) in [4.78, 5) is 12.4. The van der Waals surface area contributed by atoms with Crippen LogP contribution in [0.5, 0.6) is 11.5 Å². The number of hydrogen-bond donors (Lipinski definition) is 3. The predicted octanol–water partition coefficient (Wildman–Crippen LogP) is 3.77. The second kappa shape index (κ2) is 9.14. The van der Waals surface area contributed by atoms with Crippen LogP contribution in [0.2, 0.25) is 0 Å². The van der Waals surface area contributed by atoms with Crippen molar-refractivity contribution in [3.05, 3.63) is 23.8 Å². The number of carbonyl (C=O) groups is 1. The van der Waals surface area contributed by atoms with Crippen molar-refractivity contribution < 1.29 is 29.6 Å². The Balaban J connectivity index is 2.86. The zero-order valence-corrected chi connectivity index (χ0v) is 18.3. The Kier molecular flexibility index (Phi) is 7.91. The molecule has 1 aromatic carbocycles. The second-order valence-electron chi connectivity index (χ2n) is 8.57. The number of hydrogen-bond acceptors (Lipinski definition) is 6. The van der Waals surface area contributed by atoms with Crippen LogP contribution in [0.1, 0.15) is 65.2 Å². The normalized spacial score (nSPS) is 19.2. The van der Waals surface area contributed by atoms with E-state index in [4.69, 9.17) is 9.47 Å². The summed E-state index contributed by atoms with van der Waals surface area (Å²) in [6.07, 6.45) is -0.249. The number of esters is 1. The van der Waals surface area contributed by atoms with Gasteiger partial charge in [0.1, 0.15) is 28.8 Å². The number of ether oxygens (including phenoxy) is 2. The van der Waals surface area contributed by atoms with Crippen LogP contribution in [0.25, 0.3) is 0 Å². The molecule has 160 valence electrons. The Hall–Kier alpha value is -1.79. The number of phenols is 1. The summed E-state index contributed by atoms with van der Waals surface area (Å²) in [6, 6.07) is 4.30. The second-order valence-corrected chi connectivity index (χ2v) is 8.57. The molecule has 0 aliphatic heterocycles. The van der Waals surface area contributed by atoms with Crippen molar-refractivity contribution in [1.29, 1.82) is 0 Å². The van der Waals surface area contributed by atoms with Crippen molar-refractivity contribution in [2.45, 2.75) is 72.2 Å². The summed E-state index contributed by atoms with van der Waals surface area (Å²) < 4.78 is 10.4. The minimum Gasteiger partial charge on any atom is -0.507 e. The lowest BCUT2D eigenvalue weighted by Gasteiger charge is -2.40. The average molecular weight is 397 g/mol. The molecule has 0 aliphatic carbocycles. The molecule has 0 heterocycles. The quantitative estimate of drug-likeness (QED) is 0.550. The molecule has 0 saturated carbocycles. The molecule has 5 atom stereocenters. The lowest BCUT2D eigenvalue weighted by Crippen LogP contribution is -2.48. The smallest absolute Gasteiger partial charge is 0.342 e. The first-order valence-corrected chi connectivity index (χ1v) is 9.77. The van der Waals surface area contributed by atoms with E-state index in [1.54, 1.807) is 26.8 Å². The third-order valence-electron chi connectivity index (χ3n) is 6.40. The maximum absolute atomic E-state index is 12.4. The highest BCUT2D eigenvalue weighted by atomic mass is 16.6. The first-order valence-electron chi connectivity index (χ1n) is 9.77. The first-order chi connectivity index (χ1) is 12.7. The Morgan fingerprint density at radius 2 is 1.57 bits per heavy atom. The number of phenolic OH excluding ortho intramolecular Hbond substituents is 1. The monoisotopic (exact) mass is 396 g/mol. The van der Waals surface area contributed by atoms with Crippen LogP contribution in [-0.4, -0.2) is 45.7 Å². The molecule has 6 nitrogen and oxygen atoms in total. The molecule has 5 unspecified atom stereocenters. The van der Waals surface area contributed by atoms with Crippen LogP contribution in [0.3, 0.4) is 0 Å². The van der Waals surface area contributed by atoms with Gasteiger partial charge >= 0.3 is 5.97 Å². The van der Waals surface area contributed by atoms with Crippen LogP contribution in [0.15, 0.2) is 18.2 Å². The van der Waals surface area contributed by atoms with E-state index in [-0.39, 0.29) is 29.1 Å². The van der Waals surface area contributed by atoms with Gasteiger partial charge in [0, 0.05) is 6.07 Å². The largest absolute Gasteiger partial charge is 0.507 e. The van der Waals surface area contributed by atoms with Crippen molar-refractivity contribution in [2.24, 2.45) is 17.8 Å². The van der Waals surface area contributed by atoms with Crippen molar-refractivity contribution in [3.63, 3.8) is 0 Å². The standard InChI is InChI=1S/C22H36O6/c1-13(2)21(6,25)14(3)11-15(4)22(7,26)16(5)28-20(24)18-10-9-17(27-8)12-19(18)23/h9-10,12-16,23,25-26H,11H2,1-8H3. The molecule has 0 radical (unpaired) electrons. The lowest BCUT2D eigenvalue weighted by atomic mass is 9.73. The molecule has 28 heavy (non-hydrogen) atoms. The lowest BCUT2D eigenvalue weighted by molar-refractivity contribution is -0.112. The minimum absolute atomic E-state index is 0.00668. The number of methoxy groups -OCH3 is 1. The molecule has 0 aliphatic rings. The van der Waals surface area contributed by atoms with Crippen LogP contribution < -0.4 is 4.74 Å². The fourth-order valence-electron chi connectivity index (χ4n) is 3.13. The molecule has 0 spiro atoms. The molecular formula is C22H36O6. The highest BCUT2D eigenvalue weighted by Gasteiger charge is 2.41. The predicted molar refractivity (Wildman–Crippen MR) is 109 cm³/mol. The van der Waals surface area contributed by atoms with Gasteiger partial charge in [-0.15, -0.1) is 0 Å². The number of carbonyl (C=O) groups excluding carboxylic acids is 1. The highest BCUT2D eigenvalue weighted by molar-refractivity contribution is 5.92. The average Bonchev–Trinajstić information content (AvgIpc) is 2.60. The van der Waals surface area contributed by atoms with Gasteiger partial charge in [0.15, 0.2) is 0 Å². The summed E-state index contributed by atoms with van der Waals surface area (Å²) in [5, 5.41) is 31.7. The van der Waals surface area contributed by atoms with Gasteiger partial charge in [-0.1, -0.05) is 27.7 Å². The number of aromatic hydroxyl groups is 1. The van der Waals surface area contributed by atoms with Crippen LogP contribution in [0.4, 0.5) is 0 Å². The molecule has 0 fully saturated rings. The molecule has 0 amide bonds. The fraction of sp³-hybridized carbons (Fsp3) is 0.682. The van der Waals surface area contributed by atoms with Gasteiger partial charge in [0.2, 0.25) is 0 Å². The summed E-state index contributed by atoms with van der Waals surface area (Å²) in [7, 11) is 1.46. The number of benzene rings is 1. The van der Waals surface area contributed by atoms with E-state index in [0.717, 1.165) is 0 Å². The molecule has 1 aromatic rings. The molecular weight excluding hydrogens is 360 g/mol. The fourth-order valence-corrected chi connectivity index (χ4v) is 3.13. The van der Waals surface area contributed by atoms with Gasteiger partial charge in [-0.25, -0.2) is 4.79 Å². The summed E-state index contributed by atoms with van der Waals surface area (Å²) >= 11 is 0. The van der Waals surface area contributed by atoms with Crippen LogP contribution in [-0.2, 0) is 4.74 Å². The maximum Gasteiger partial charge on any atom is 0.342 e. The van der Waals surface area contributed by atoms with Crippen molar-refractivity contribution in [1.82, 2.24) is 0 Å². The van der Waals surface area contributed by atoms with Gasteiger partial charge < -0.3 is 24.8 Å². The first kappa shape index (κ1) is 24.2. The molecule has 0 aromatic heterocycles. The van der Waals surface area contributed by atoms with E-state index in [1.165, 1.54) is 19.2 Å². The van der Waals surface area contributed by atoms with Gasteiger partial charge in [-0.3, -0.25) is 0 Å². The Bertz CT molecular complexity index is 665. The highest BCUT2D eigenvalue weighted by Crippen LogP contribution is 2.36. The van der Waals surface area contributed by atoms with Crippen LogP contribution in [0, 0.1) is 17.8 Å². The van der Waals surface area contributed by atoms with E-state index in [2.05, 4.69) is 0 Å². The Labute approximate surface area is 168 Å². The molecule has 3 N–H and O–H groups in total. The third-order valence-corrected chi connectivity index (χ3v) is 6.40. The van der Waals surface area contributed by atoms with Gasteiger partial charge in [0.05, 0.1) is 12.7 Å². The van der Waals surface area contributed by atoms with E-state index < -0.39 is 23.3 Å². The van der Waals surface area contributed by atoms with Crippen molar-refractivity contribution >= 4 is 5.97 Å². The SMILES string of the molecule is COc1ccc(C(=O)OC(C)C(C)(O)C(C)CC(C)C(C)(O)C(C)C)c(O)c1. The van der Waals surface area contributed by atoms with E-state index in [0.29, 0.717) is 12.2 Å². The van der Waals surface area contributed by atoms with Gasteiger partial charge in [-0.05, 0) is 57.1 Å². The Morgan fingerprint density at radius 1 is 1.04 bits per heavy atom. The topological polar surface area (TPSA) is 96.2 Å². The van der Waals surface area contributed by atoms with E-state index in [1.807, 2.05) is 27.7 Å². The van der Waals surface area contributed by atoms with Gasteiger partial charge in [-0.2, -0.15) is 0 Å². The van der Waals surface area contributed by atoms with Gasteiger partial charge in [0.25, 0.3) is 0 Å². The summed E-state index contributed by atoms with van der Waals surface area (Å²) in [6.45, 7) is 12.8. The molecule has 0 saturated heterocycles.